The Kier molecular flexibility index (Phi) is 4.08. The molecule has 1 aliphatic rings. The van der Waals surface area contributed by atoms with Gasteiger partial charge in [-0.1, -0.05) is 24.3 Å². The largest absolute Gasteiger partial charge is 0.493 e. The number of hydrogen-bond donors (Lipinski definition) is 1. The maximum Gasteiger partial charge on any atom is 0.126 e. The third kappa shape index (κ3) is 2.74. The molecule has 2 heterocycles. The minimum atomic E-state index is 0.379. The predicted octanol–water partition coefficient (Wildman–Crippen LogP) is 4.62. The smallest absolute Gasteiger partial charge is 0.126 e. The normalized spacial score (nSPS) is 19.8. The minimum absolute atomic E-state index is 0.379. The number of fused-ring (bicyclic) bond motifs is 1. The lowest BCUT2D eigenvalue weighted by atomic mass is 9.99. The maximum atomic E-state index is 5.94. The molecule has 0 saturated heterocycles. The maximum absolute atomic E-state index is 5.94. The highest BCUT2D eigenvalue weighted by molar-refractivity contribution is 7.10. The molecule has 0 radical (unpaired) electrons. The van der Waals surface area contributed by atoms with Gasteiger partial charge in [0.1, 0.15) is 5.75 Å². The van der Waals surface area contributed by atoms with E-state index in [1.54, 1.807) is 0 Å². The summed E-state index contributed by atoms with van der Waals surface area (Å²) in [4.78, 5) is 1.39. The highest BCUT2D eigenvalue weighted by atomic mass is 32.1. The van der Waals surface area contributed by atoms with Crippen molar-refractivity contribution in [3.8, 4) is 5.75 Å². The lowest BCUT2D eigenvalue weighted by Gasteiger charge is -2.23. The van der Waals surface area contributed by atoms with Gasteiger partial charge >= 0.3 is 0 Å². The summed E-state index contributed by atoms with van der Waals surface area (Å²) in [5, 5.41) is 5.92. The average Bonchev–Trinajstić information content (AvgIpc) is 2.90. The zero-order chi connectivity index (χ0) is 13.9. The average molecular weight is 287 g/mol. The quantitative estimate of drug-likeness (QED) is 0.889. The summed E-state index contributed by atoms with van der Waals surface area (Å²) in [5.74, 6) is 1.08. The molecule has 3 heteroatoms. The zero-order valence-electron chi connectivity index (χ0n) is 12.1. The van der Waals surface area contributed by atoms with Gasteiger partial charge in [-0.25, -0.2) is 0 Å². The van der Waals surface area contributed by atoms with Crippen LogP contribution in [0.2, 0.25) is 0 Å². The zero-order valence-corrected chi connectivity index (χ0v) is 12.9. The van der Waals surface area contributed by atoms with Gasteiger partial charge in [0.05, 0.1) is 6.61 Å². The number of hydrogen-bond acceptors (Lipinski definition) is 3. The molecular weight excluding hydrogens is 266 g/mol. The number of para-hydroxylation sites is 1. The van der Waals surface area contributed by atoms with E-state index < -0.39 is 0 Å². The van der Waals surface area contributed by atoms with Gasteiger partial charge in [0, 0.05) is 22.5 Å². The van der Waals surface area contributed by atoms with Crippen LogP contribution in [0.15, 0.2) is 35.7 Å². The van der Waals surface area contributed by atoms with E-state index in [0.29, 0.717) is 12.1 Å². The monoisotopic (exact) mass is 287 g/mol. The van der Waals surface area contributed by atoms with Crippen LogP contribution >= 0.6 is 11.3 Å². The molecule has 0 fully saturated rings. The van der Waals surface area contributed by atoms with Crippen molar-refractivity contribution in [3.05, 3.63) is 51.7 Å². The molecule has 1 aliphatic heterocycles. The van der Waals surface area contributed by atoms with Crippen LogP contribution in [0.1, 0.15) is 47.9 Å². The molecule has 0 spiro atoms. The molecular formula is C17H21NOS. The molecule has 20 heavy (non-hydrogen) atoms. The predicted molar refractivity (Wildman–Crippen MR) is 84.5 cm³/mol. The summed E-state index contributed by atoms with van der Waals surface area (Å²) >= 11 is 1.82. The second-order valence-corrected chi connectivity index (χ2v) is 6.42. The summed E-state index contributed by atoms with van der Waals surface area (Å²) in [6.45, 7) is 5.19. The molecule has 2 aromatic rings. The molecule has 0 saturated carbocycles. The minimum Gasteiger partial charge on any atom is -0.493 e. The second kappa shape index (κ2) is 5.98. The Hall–Kier alpha value is -1.32. The molecule has 3 rings (SSSR count). The molecule has 1 unspecified atom stereocenters. The molecule has 2 atom stereocenters. The highest BCUT2D eigenvalue weighted by Crippen LogP contribution is 2.35. The number of aryl methyl sites for hydroxylation is 1. The summed E-state index contributed by atoms with van der Waals surface area (Å²) in [6.07, 6.45) is 2.23. The van der Waals surface area contributed by atoms with Gasteiger partial charge in [-0.3, -0.25) is 0 Å². The van der Waals surface area contributed by atoms with E-state index in [4.69, 9.17) is 4.74 Å². The fourth-order valence-electron chi connectivity index (χ4n) is 2.86. The van der Waals surface area contributed by atoms with Crippen LogP contribution in [0.25, 0.3) is 0 Å². The standard InChI is InChI=1S/C17H21NOS/c1-12-6-3-7-14-15(8-4-10-19-17(12)14)18-13(2)16-9-5-11-20-16/h3,5-7,9,11,13,15,18H,4,8,10H2,1-2H3/t13-,15?/m0/s1. The Morgan fingerprint density at radius 2 is 2.20 bits per heavy atom. The summed E-state index contributed by atoms with van der Waals surface area (Å²) in [7, 11) is 0. The fraction of sp³-hybridized carbons (Fsp3) is 0.412. The Morgan fingerprint density at radius 1 is 1.30 bits per heavy atom. The third-order valence-electron chi connectivity index (χ3n) is 3.92. The van der Waals surface area contributed by atoms with Crippen molar-refractivity contribution in [1.82, 2.24) is 5.32 Å². The molecule has 0 aliphatic carbocycles. The number of thiophene rings is 1. The molecule has 106 valence electrons. The third-order valence-corrected chi connectivity index (χ3v) is 4.98. The van der Waals surface area contributed by atoms with Crippen LogP contribution < -0.4 is 10.1 Å². The molecule has 0 bridgehead atoms. The van der Waals surface area contributed by atoms with E-state index in [9.17, 15) is 0 Å². The number of benzene rings is 1. The highest BCUT2D eigenvalue weighted by Gasteiger charge is 2.22. The van der Waals surface area contributed by atoms with E-state index in [-0.39, 0.29) is 0 Å². The lowest BCUT2D eigenvalue weighted by molar-refractivity contribution is 0.312. The summed E-state index contributed by atoms with van der Waals surface area (Å²) < 4.78 is 5.94. The van der Waals surface area contributed by atoms with E-state index >= 15 is 0 Å². The number of nitrogens with one attached hydrogen (secondary N) is 1. The van der Waals surface area contributed by atoms with Crippen LogP contribution in [0, 0.1) is 6.92 Å². The topological polar surface area (TPSA) is 21.3 Å². The fourth-order valence-corrected chi connectivity index (χ4v) is 3.60. The molecule has 1 N–H and O–H groups in total. The Labute approximate surface area is 124 Å². The van der Waals surface area contributed by atoms with Crippen molar-refractivity contribution in [2.45, 2.75) is 38.8 Å². The van der Waals surface area contributed by atoms with Gasteiger partial charge in [-0.15, -0.1) is 11.3 Å². The van der Waals surface area contributed by atoms with Crippen LogP contribution in [-0.4, -0.2) is 6.61 Å². The van der Waals surface area contributed by atoms with Gasteiger partial charge in [-0.2, -0.15) is 0 Å². The Bertz CT molecular complexity index is 564. The van der Waals surface area contributed by atoms with Crippen molar-refractivity contribution in [2.24, 2.45) is 0 Å². The molecule has 2 nitrogen and oxygen atoms in total. The molecule has 1 aromatic carbocycles. The van der Waals surface area contributed by atoms with Gasteiger partial charge in [-0.05, 0) is 43.7 Å². The van der Waals surface area contributed by atoms with Crippen molar-refractivity contribution >= 4 is 11.3 Å². The van der Waals surface area contributed by atoms with Gasteiger partial charge < -0.3 is 10.1 Å². The number of ether oxygens (including phenoxy) is 1. The second-order valence-electron chi connectivity index (χ2n) is 5.44. The van der Waals surface area contributed by atoms with E-state index in [0.717, 1.165) is 25.2 Å². The van der Waals surface area contributed by atoms with Crippen molar-refractivity contribution < 1.29 is 4.74 Å². The van der Waals surface area contributed by atoms with E-state index in [1.807, 2.05) is 11.3 Å². The van der Waals surface area contributed by atoms with Gasteiger partial charge in [0.25, 0.3) is 0 Å². The van der Waals surface area contributed by atoms with Crippen molar-refractivity contribution in [3.63, 3.8) is 0 Å². The molecule has 0 amide bonds. The first-order valence-electron chi connectivity index (χ1n) is 7.27. The van der Waals surface area contributed by atoms with Crippen LogP contribution in [-0.2, 0) is 0 Å². The first-order chi connectivity index (χ1) is 9.75. The number of rotatable bonds is 3. The van der Waals surface area contributed by atoms with Crippen molar-refractivity contribution in [1.29, 1.82) is 0 Å². The summed E-state index contributed by atoms with van der Waals surface area (Å²) in [5.41, 5.74) is 2.55. The van der Waals surface area contributed by atoms with E-state index in [1.165, 1.54) is 16.0 Å². The van der Waals surface area contributed by atoms with Crippen molar-refractivity contribution in [2.75, 3.05) is 6.61 Å². The first-order valence-corrected chi connectivity index (χ1v) is 8.15. The molecule has 1 aromatic heterocycles. The van der Waals surface area contributed by atoms with Crippen LogP contribution in [0.5, 0.6) is 5.75 Å². The Balaban J connectivity index is 1.85. The van der Waals surface area contributed by atoms with Crippen LogP contribution in [0.4, 0.5) is 0 Å². The van der Waals surface area contributed by atoms with Gasteiger partial charge in [0.15, 0.2) is 0 Å². The SMILES string of the molecule is Cc1cccc2c1OCCCC2N[C@@H](C)c1cccs1. The van der Waals surface area contributed by atoms with Crippen LogP contribution in [0.3, 0.4) is 0 Å². The Morgan fingerprint density at radius 3 is 3.00 bits per heavy atom. The lowest BCUT2D eigenvalue weighted by Crippen LogP contribution is -2.24. The van der Waals surface area contributed by atoms with Gasteiger partial charge in [0.2, 0.25) is 0 Å². The van der Waals surface area contributed by atoms with E-state index in [2.05, 4.69) is 54.9 Å². The summed E-state index contributed by atoms with van der Waals surface area (Å²) in [6, 6.07) is 11.5. The first kappa shape index (κ1) is 13.7.